The van der Waals surface area contributed by atoms with Gasteiger partial charge in [0, 0.05) is 20.8 Å². The molecule has 0 aromatic carbocycles. The topological polar surface area (TPSA) is 120 Å². The van der Waals surface area contributed by atoms with Crippen LogP contribution in [0.3, 0.4) is 0 Å². The molecule has 0 spiro atoms. The zero-order chi connectivity index (χ0) is 18.0. The fourth-order valence-electron chi connectivity index (χ4n) is 1.45. The van der Waals surface area contributed by atoms with Gasteiger partial charge >= 0.3 is 17.9 Å². The van der Waals surface area contributed by atoms with Gasteiger partial charge in [-0.2, -0.15) is 0 Å². The normalized spacial score (nSPS) is 12.0. The molecule has 23 heavy (non-hydrogen) atoms. The summed E-state index contributed by atoms with van der Waals surface area (Å²) in [6.07, 6.45) is 0. The standard InChI is InChI=1S/C14H24N2O7/c1-9(15-5)13(20)16-14(6-21-10(2)17,7-22-11(3)18)8-23-12(4)19/h9,15H,6-8H2,1-5H3,(H,16,20). The van der Waals surface area contributed by atoms with Crippen LogP contribution in [0, 0.1) is 0 Å². The molecule has 0 saturated heterocycles. The Morgan fingerprint density at radius 2 is 1.22 bits per heavy atom. The lowest BCUT2D eigenvalue weighted by atomic mass is 10.0. The first-order chi connectivity index (χ1) is 10.6. The van der Waals surface area contributed by atoms with Gasteiger partial charge in [0.2, 0.25) is 5.91 Å². The van der Waals surface area contributed by atoms with Crippen LogP contribution in [0.15, 0.2) is 0 Å². The van der Waals surface area contributed by atoms with Crippen LogP contribution in [0.2, 0.25) is 0 Å². The van der Waals surface area contributed by atoms with E-state index < -0.39 is 35.4 Å². The molecule has 0 aliphatic rings. The van der Waals surface area contributed by atoms with Crippen LogP contribution < -0.4 is 10.6 Å². The molecule has 1 atom stereocenters. The van der Waals surface area contributed by atoms with Crippen molar-refractivity contribution in [1.82, 2.24) is 10.6 Å². The van der Waals surface area contributed by atoms with Crippen LogP contribution >= 0.6 is 0 Å². The molecule has 9 heteroatoms. The molecule has 1 unspecified atom stereocenters. The number of amides is 1. The van der Waals surface area contributed by atoms with Crippen molar-refractivity contribution in [2.45, 2.75) is 39.3 Å². The molecule has 0 aromatic heterocycles. The highest BCUT2D eigenvalue weighted by Crippen LogP contribution is 2.10. The number of carbonyl (C=O) groups excluding carboxylic acids is 4. The summed E-state index contributed by atoms with van der Waals surface area (Å²) >= 11 is 0. The average Bonchev–Trinajstić information content (AvgIpc) is 2.47. The smallest absolute Gasteiger partial charge is 0.302 e. The molecule has 2 N–H and O–H groups in total. The van der Waals surface area contributed by atoms with E-state index in [4.69, 9.17) is 14.2 Å². The lowest BCUT2D eigenvalue weighted by molar-refractivity contribution is -0.156. The van der Waals surface area contributed by atoms with Crippen molar-refractivity contribution in [2.24, 2.45) is 0 Å². The third-order valence-electron chi connectivity index (χ3n) is 2.87. The Hall–Kier alpha value is -2.16. The maximum atomic E-state index is 12.1. The zero-order valence-electron chi connectivity index (χ0n) is 14.1. The van der Waals surface area contributed by atoms with Gasteiger partial charge in [-0.15, -0.1) is 0 Å². The highest BCUT2D eigenvalue weighted by Gasteiger charge is 2.37. The van der Waals surface area contributed by atoms with Crippen LogP contribution in [0.4, 0.5) is 0 Å². The molecule has 1 amide bonds. The van der Waals surface area contributed by atoms with Gasteiger partial charge in [-0.1, -0.05) is 0 Å². The Bertz CT molecular complexity index is 405. The van der Waals surface area contributed by atoms with E-state index in [1.807, 2.05) is 0 Å². The minimum atomic E-state index is -1.37. The molecule has 0 aliphatic heterocycles. The summed E-state index contributed by atoms with van der Waals surface area (Å²) in [5, 5.41) is 5.36. The Kier molecular flexibility index (Phi) is 8.86. The summed E-state index contributed by atoms with van der Waals surface area (Å²) in [7, 11) is 1.59. The summed E-state index contributed by atoms with van der Waals surface area (Å²) in [5.41, 5.74) is -1.37. The van der Waals surface area contributed by atoms with E-state index in [-0.39, 0.29) is 19.8 Å². The van der Waals surface area contributed by atoms with Crippen LogP contribution in [-0.2, 0) is 33.4 Å². The van der Waals surface area contributed by atoms with E-state index in [2.05, 4.69) is 10.6 Å². The van der Waals surface area contributed by atoms with Crippen molar-refractivity contribution < 1.29 is 33.4 Å². The molecule has 132 valence electrons. The van der Waals surface area contributed by atoms with Gasteiger partial charge in [-0.05, 0) is 14.0 Å². The molecule has 0 saturated carbocycles. The molecule has 0 fully saturated rings. The van der Waals surface area contributed by atoms with E-state index in [1.165, 1.54) is 20.8 Å². The van der Waals surface area contributed by atoms with Gasteiger partial charge in [0.05, 0.1) is 6.04 Å². The van der Waals surface area contributed by atoms with E-state index in [0.717, 1.165) is 0 Å². The Balaban J connectivity index is 5.30. The lowest BCUT2D eigenvalue weighted by Crippen LogP contribution is -2.61. The van der Waals surface area contributed by atoms with E-state index in [9.17, 15) is 19.2 Å². The molecule has 0 rings (SSSR count). The number of esters is 3. The summed E-state index contributed by atoms with van der Waals surface area (Å²) in [5.74, 6) is -2.19. The van der Waals surface area contributed by atoms with E-state index in [1.54, 1.807) is 14.0 Å². The number of nitrogens with one attached hydrogen (secondary N) is 2. The maximum absolute atomic E-state index is 12.1. The molecule has 0 bridgehead atoms. The fourth-order valence-corrected chi connectivity index (χ4v) is 1.45. The first kappa shape index (κ1) is 20.8. The van der Waals surface area contributed by atoms with Gasteiger partial charge < -0.3 is 24.8 Å². The Morgan fingerprint density at radius 3 is 1.48 bits per heavy atom. The first-order valence-electron chi connectivity index (χ1n) is 7.01. The molecule has 0 aliphatic carbocycles. The molecule has 0 radical (unpaired) electrons. The van der Waals surface area contributed by atoms with Gasteiger partial charge in [0.15, 0.2) is 0 Å². The maximum Gasteiger partial charge on any atom is 0.302 e. The molecule has 0 aromatic rings. The minimum Gasteiger partial charge on any atom is -0.463 e. The van der Waals surface area contributed by atoms with Crippen molar-refractivity contribution in [3.8, 4) is 0 Å². The predicted molar refractivity (Wildman–Crippen MR) is 79.3 cm³/mol. The number of carbonyl (C=O) groups is 4. The summed E-state index contributed by atoms with van der Waals surface area (Å²) < 4.78 is 14.8. The van der Waals surface area contributed by atoms with Crippen molar-refractivity contribution in [3.05, 3.63) is 0 Å². The average molecular weight is 332 g/mol. The number of hydrogen-bond acceptors (Lipinski definition) is 8. The summed E-state index contributed by atoms with van der Waals surface area (Å²) in [4.78, 5) is 45.4. The number of hydrogen-bond donors (Lipinski definition) is 2. The SMILES string of the molecule is CNC(C)C(=O)NC(COC(C)=O)(COC(C)=O)COC(C)=O. The summed E-state index contributed by atoms with van der Waals surface area (Å²) in [6, 6.07) is -0.554. The largest absolute Gasteiger partial charge is 0.463 e. The molecule has 0 heterocycles. The van der Waals surface area contributed by atoms with E-state index >= 15 is 0 Å². The monoisotopic (exact) mass is 332 g/mol. The van der Waals surface area contributed by atoms with Gasteiger partial charge in [-0.25, -0.2) is 0 Å². The second-order valence-corrected chi connectivity index (χ2v) is 5.12. The molecule has 9 nitrogen and oxygen atoms in total. The quantitative estimate of drug-likeness (QED) is 0.413. The van der Waals surface area contributed by atoms with Crippen LogP contribution in [-0.4, -0.2) is 62.3 Å². The van der Waals surface area contributed by atoms with Crippen molar-refractivity contribution >= 4 is 23.8 Å². The fraction of sp³-hybridized carbons (Fsp3) is 0.714. The zero-order valence-corrected chi connectivity index (χ0v) is 14.1. The summed E-state index contributed by atoms with van der Waals surface area (Å²) in [6.45, 7) is 4.26. The van der Waals surface area contributed by atoms with Crippen molar-refractivity contribution in [3.63, 3.8) is 0 Å². The van der Waals surface area contributed by atoms with Crippen LogP contribution in [0.25, 0.3) is 0 Å². The minimum absolute atomic E-state index is 0.314. The van der Waals surface area contributed by atoms with Gasteiger partial charge in [-0.3, -0.25) is 19.2 Å². The highest BCUT2D eigenvalue weighted by molar-refractivity contribution is 5.82. The number of likely N-dealkylation sites (N-methyl/N-ethyl adjacent to an activating group) is 1. The molecular formula is C14H24N2O7. The third-order valence-corrected chi connectivity index (χ3v) is 2.87. The third kappa shape index (κ3) is 8.77. The Labute approximate surface area is 135 Å². The highest BCUT2D eigenvalue weighted by atomic mass is 16.6. The van der Waals surface area contributed by atoms with E-state index in [0.29, 0.717) is 0 Å². The predicted octanol–water partition coefficient (Wildman–Crippen LogP) is -0.861. The Morgan fingerprint density at radius 1 is 0.870 bits per heavy atom. The second kappa shape index (κ2) is 9.78. The lowest BCUT2D eigenvalue weighted by Gasteiger charge is -2.33. The second-order valence-electron chi connectivity index (χ2n) is 5.12. The number of ether oxygens (including phenoxy) is 3. The van der Waals surface area contributed by atoms with Crippen molar-refractivity contribution in [2.75, 3.05) is 26.9 Å². The van der Waals surface area contributed by atoms with Crippen LogP contribution in [0.5, 0.6) is 0 Å². The van der Waals surface area contributed by atoms with Crippen molar-refractivity contribution in [1.29, 1.82) is 0 Å². The van der Waals surface area contributed by atoms with Gasteiger partial charge in [0.25, 0.3) is 0 Å². The molecular weight excluding hydrogens is 308 g/mol. The number of rotatable bonds is 9. The first-order valence-corrected chi connectivity index (χ1v) is 7.01. The van der Waals surface area contributed by atoms with Gasteiger partial charge in [0.1, 0.15) is 25.4 Å². The van der Waals surface area contributed by atoms with Crippen LogP contribution in [0.1, 0.15) is 27.7 Å².